The monoisotopic (exact) mass is 298 g/mol. The van der Waals surface area contributed by atoms with E-state index in [1.807, 2.05) is 0 Å². The van der Waals surface area contributed by atoms with E-state index in [9.17, 15) is 13.9 Å². The van der Waals surface area contributed by atoms with Gasteiger partial charge in [0.05, 0.1) is 6.10 Å². The molecule has 1 aliphatic rings. The lowest BCUT2D eigenvalue weighted by Gasteiger charge is -2.34. The lowest BCUT2D eigenvalue weighted by Crippen LogP contribution is -2.46. The Bertz CT molecular complexity index is 448. The number of aliphatic hydroxyl groups excluding tert-OH is 1. The lowest BCUT2D eigenvalue weighted by atomic mass is 10.1. The van der Waals surface area contributed by atoms with Gasteiger partial charge in [-0.15, -0.1) is 0 Å². The molecule has 21 heavy (non-hydrogen) atoms. The van der Waals surface area contributed by atoms with E-state index >= 15 is 0 Å². The topological polar surface area (TPSA) is 26.7 Å². The van der Waals surface area contributed by atoms with E-state index in [4.69, 9.17) is 0 Å². The van der Waals surface area contributed by atoms with Crippen molar-refractivity contribution in [2.45, 2.75) is 25.9 Å². The predicted octanol–water partition coefficient (Wildman–Crippen LogP) is 2.42. The Morgan fingerprint density at radius 3 is 2.33 bits per heavy atom. The van der Waals surface area contributed by atoms with Gasteiger partial charge in [0.15, 0.2) is 11.6 Å². The minimum atomic E-state index is -0.950. The van der Waals surface area contributed by atoms with E-state index in [2.05, 4.69) is 16.7 Å². The van der Waals surface area contributed by atoms with Crippen LogP contribution in [-0.4, -0.2) is 54.2 Å². The van der Waals surface area contributed by atoms with Crippen molar-refractivity contribution in [3.63, 3.8) is 0 Å². The smallest absolute Gasteiger partial charge is 0.164 e. The highest BCUT2D eigenvalue weighted by Gasteiger charge is 2.19. The van der Waals surface area contributed by atoms with E-state index < -0.39 is 17.7 Å². The molecule has 0 aliphatic carbocycles. The largest absolute Gasteiger partial charge is 0.388 e. The van der Waals surface area contributed by atoms with Crippen molar-refractivity contribution in [1.82, 2.24) is 9.80 Å². The molecule has 1 aromatic carbocycles. The second kappa shape index (κ2) is 7.82. The molecular weight excluding hydrogens is 274 g/mol. The maximum atomic E-state index is 13.6. The number of nitrogens with zero attached hydrogens (tertiary/aromatic N) is 2. The fraction of sp³-hybridized carbons (Fsp3) is 0.625. The Morgan fingerprint density at radius 1 is 1.10 bits per heavy atom. The molecule has 3 nitrogen and oxygen atoms in total. The highest BCUT2D eigenvalue weighted by atomic mass is 19.2. The number of aliphatic hydroxyl groups is 1. The summed E-state index contributed by atoms with van der Waals surface area (Å²) in [5, 5.41) is 10.0. The van der Waals surface area contributed by atoms with Crippen molar-refractivity contribution in [2.24, 2.45) is 0 Å². The van der Waals surface area contributed by atoms with Crippen LogP contribution in [0.2, 0.25) is 0 Å². The number of hydrogen-bond acceptors (Lipinski definition) is 3. The lowest BCUT2D eigenvalue weighted by molar-refractivity contribution is 0.101. The van der Waals surface area contributed by atoms with Gasteiger partial charge >= 0.3 is 0 Å². The molecule has 1 saturated heterocycles. The molecule has 1 fully saturated rings. The third kappa shape index (κ3) is 4.46. The van der Waals surface area contributed by atoms with Crippen LogP contribution in [0.4, 0.5) is 8.78 Å². The first-order chi connectivity index (χ1) is 10.1. The van der Waals surface area contributed by atoms with Crippen LogP contribution in [0.25, 0.3) is 0 Å². The predicted molar refractivity (Wildman–Crippen MR) is 79.1 cm³/mol. The summed E-state index contributed by atoms with van der Waals surface area (Å²) < 4.78 is 26.7. The first-order valence-electron chi connectivity index (χ1n) is 7.68. The minimum Gasteiger partial charge on any atom is -0.388 e. The summed E-state index contributed by atoms with van der Waals surface area (Å²) in [7, 11) is 0. The summed E-state index contributed by atoms with van der Waals surface area (Å²) in [4.78, 5) is 4.70. The van der Waals surface area contributed by atoms with Crippen LogP contribution in [0.5, 0.6) is 0 Å². The molecule has 1 aromatic rings. The molecule has 1 heterocycles. The van der Waals surface area contributed by atoms with Crippen LogP contribution in [0.1, 0.15) is 31.4 Å². The van der Waals surface area contributed by atoms with Crippen LogP contribution in [-0.2, 0) is 0 Å². The average Bonchev–Trinajstić information content (AvgIpc) is 2.49. The Balaban J connectivity index is 1.79. The van der Waals surface area contributed by atoms with E-state index in [-0.39, 0.29) is 5.56 Å². The number of benzene rings is 1. The summed E-state index contributed by atoms with van der Waals surface area (Å²) in [6, 6.07) is 3.95. The summed E-state index contributed by atoms with van der Waals surface area (Å²) in [5.41, 5.74) is 0.0552. The zero-order valence-corrected chi connectivity index (χ0v) is 12.6. The van der Waals surface area contributed by atoms with Crippen LogP contribution in [0.3, 0.4) is 0 Å². The van der Waals surface area contributed by atoms with Gasteiger partial charge in [-0.2, -0.15) is 0 Å². The maximum absolute atomic E-state index is 13.6. The Labute approximate surface area is 125 Å². The van der Waals surface area contributed by atoms with E-state index in [0.717, 1.165) is 45.2 Å². The van der Waals surface area contributed by atoms with E-state index in [0.29, 0.717) is 13.0 Å². The van der Waals surface area contributed by atoms with Crippen molar-refractivity contribution in [3.8, 4) is 0 Å². The number of hydrogen-bond donors (Lipinski definition) is 1. The highest BCUT2D eigenvalue weighted by molar-refractivity contribution is 5.21. The first kappa shape index (κ1) is 16.3. The molecule has 0 amide bonds. The van der Waals surface area contributed by atoms with Gasteiger partial charge in [0, 0.05) is 38.3 Å². The maximum Gasteiger partial charge on any atom is 0.164 e. The first-order valence-corrected chi connectivity index (χ1v) is 7.68. The molecule has 118 valence electrons. The van der Waals surface area contributed by atoms with Gasteiger partial charge < -0.3 is 14.9 Å². The molecule has 1 aliphatic heterocycles. The van der Waals surface area contributed by atoms with E-state index in [1.54, 1.807) is 0 Å². The van der Waals surface area contributed by atoms with Crippen LogP contribution in [0.15, 0.2) is 18.2 Å². The summed E-state index contributed by atoms with van der Waals surface area (Å²) in [6.45, 7) is 8.03. The standard InChI is InChI=1S/C16H24F2N2O/c1-2-7-19-9-11-20(12-10-19)8-6-15(21)13-4-3-5-14(17)16(13)18/h3-5,15,21H,2,6-12H2,1H3. The van der Waals surface area contributed by atoms with Crippen molar-refractivity contribution < 1.29 is 13.9 Å². The average molecular weight is 298 g/mol. The van der Waals surface area contributed by atoms with Crippen molar-refractivity contribution >= 4 is 0 Å². The summed E-state index contributed by atoms with van der Waals surface area (Å²) >= 11 is 0. The fourth-order valence-corrected chi connectivity index (χ4v) is 2.79. The second-order valence-corrected chi connectivity index (χ2v) is 5.63. The van der Waals surface area contributed by atoms with Crippen LogP contribution < -0.4 is 0 Å². The molecule has 0 spiro atoms. The molecular formula is C16H24F2N2O. The molecule has 1 N–H and O–H groups in total. The quantitative estimate of drug-likeness (QED) is 0.874. The zero-order valence-electron chi connectivity index (χ0n) is 12.6. The Kier molecular flexibility index (Phi) is 6.08. The van der Waals surface area contributed by atoms with Gasteiger partial charge in [-0.3, -0.25) is 0 Å². The summed E-state index contributed by atoms with van der Waals surface area (Å²) in [6.07, 6.45) is 0.639. The molecule has 0 aromatic heterocycles. The zero-order chi connectivity index (χ0) is 15.2. The minimum absolute atomic E-state index is 0.0552. The fourth-order valence-electron chi connectivity index (χ4n) is 2.79. The third-order valence-corrected chi connectivity index (χ3v) is 4.06. The van der Waals surface area contributed by atoms with Crippen molar-refractivity contribution in [1.29, 1.82) is 0 Å². The molecule has 2 rings (SSSR count). The SMILES string of the molecule is CCCN1CCN(CCC(O)c2cccc(F)c2F)CC1. The van der Waals surface area contributed by atoms with Crippen LogP contribution in [0, 0.1) is 11.6 Å². The van der Waals surface area contributed by atoms with E-state index in [1.165, 1.54) is 12.1 Å². The molecule has 5 heteroatoms. The summed E-state index contributed by atoms with van der Waals surface area (Å²) in [5.74, 6) is -1.84. The molecule has 0 radical (unpaired) electrons. The third-order valence-electron chi connectivity index (χ3n) is 4.06. The van der Waals surface area contributed by atoms with Gasteiger partial charge in [-0.25, -0.2) is 8.78 Å². The second-order valence-electron chi connectivity index (χ2n) is 5.63. The van der Waals surface area contributed by atoms with Gasteiger partial charge in [-0.05, 0) is 25.5 Å². The van der Waals surface area contributed by atoms with Gasteiger partial charge in [0.2, 0.25) is 0 Å². The van der Waals surface area contributed by atoms with Crippen molar-refractivity contribution in [2.75, 3.05) is 39.3 Å². The molecule has 1 atom stereocenters. The van der Waals surface area contributed by atoms with Gasteiger partial charge in [-0.1, -0.05) is 19.1 Å². The normalized spacial score (nSPS) is 18.9. The van der Waals surface area contributed by atoms with Gasteiger partial charge in [0.1, 0.15) is 0 Å². The Hall–Kier alpha value is -1.04. The van der Waals surface area contributed by atoms with Crippen LogP contribution >= 0.6 is 0 Å². The Morgan fingerprint density at radius 2 is 1.71 bits per heavy atom. The highest BCUT2D eigenvalue weighted by Crippen LogP contribution is 2.22. The number of halogens is 2. The van der Waals surface area contributed by atoms with Gasteiger partial charge in [0.25, 0.3) is 0 Å². The number of rotatable bonds is 6. The number of piperazine rings is 1. The molecule has 0 bridgehead atoms. The molecule has 1 unspecified atom stereocenters. The molecule has 0 saturated carbocycles. The van der Waals surface area contributed by atoms with Crippen molar-refractivity contribution in [3.05, 3.63) is 35.4 Å².